The molecule has 34 heavy (non-hydrogen) atoms. The number of aromatic nitrogens is 2. The molecule has 8 heteroatoms. The highest BCUT2D eigenvalue weighted by molar-refractivity contribution is 6.06. The normalized spacial score (nSPS) is 12.1. The van der Waals surface area contributed by atoms with E-state index in [1.807, 2.05) is 53.9 Å². The molecule has 1 aliphatic heterocycles. The maximum Gasteiger partial charge on any atom is 0.259 e. The van der Waals surface area contributed by atoms with Crippen LogP contribution in [0.25, 0.3) is 5.65 Å². The van der Waals surface area contributed by atoms with E-state index in [0.29, 0.717) is 47.3 Å². The molecule has 0 bridgehead atoms. The Morgan fingerprint density at radius 1 is 1.12 bits per heavy atom. The van der Waals surface area contributed by atoms with Gasteiger partial charge in [0.25, 0.3) is 5.91 Å². The van der Waals surface area contributed by atoms with E-state index in [-0.39, 0.29) is 12.7 Å². The van der Waals surface area contributed by atoms with Crippen molar-refractivity contribution < 1.29 is 23.7 Å². The molecular formula is C26H25N3O5. The van der Waals surface area contributed by atoms with Gasteiger partial charge >= 0.3 is 0 Å². The Labute approximate surface area is 197 Å². The van der Waals surface area contributed by atoms with Gasteiger partial charge in [-0.3, -0.25) is 14.1 Å². The maximum absolute atomic E-state index is 13.4. The second-order valence-electron chi connectivity index (χ2n) is 7.87. The SMILES string of the molecule is CCc1nc2c(OCc3cccc(OC)c3)cccn2c1N(C)C(=O)c1ccc2c(c1)OCO2. The lowest BCUT2D eigenvalue weighted by molar-refractivity contribution is 0.0991. The van der Waals surface area contributed by atoms with Gasteiger partial charge in [-0.25, -0.2) is 4.98 Å². The Balaban J connectivity index is 1.46. The molecule has 1 amide bonds. The van der Waals surface area contributed by atoms with Crippen LogP contribution in [0.3, 0.4) is 0 Å². The minimum atomic E-state index is -0.169. The molecule has 1 aliphatic rings. The Kier molecular flexibility index (Phi) is 5.71. The van der Waals surface area contributed by atoms with Crippen molar-refractivity contribution in [1.82, 2.24) is 9.38 Å². The molecule has 4 aromatic rings. The van der Waals surface area contributed by atoms with Crippen molar-refractivity contribution in [3.63, 3.8) is 0 Å². The number of ether oxygens (including phenoxy) is 4. The van der Waals surface area contributed by atoms with Crippen LogP contribution >= 0.6 is 0 Å². The number of methoxy groups -OCH3 is 1. The first-order valence-electron chi connectivity index (χ1n) is 11.0. The number of carbonyl (C=O) groups excluding carboxylic acids is 1. The van der Waals surface area contributed by atoms with E-state index in [0.717, 1.165) is 17.0 Å². The van der Waals surface area contributed by atoms with Crippen LogP contribution in [-0.4, -0.2) is 36.2 Å². The molecule has 174 valence electrons. The van der Waals surface area contributed by atoms with Crippen LogP contribution in [0.15, 0.2) is 60.8 Å². The molecule has 0 unspecified atom stereocenters. The number of hydrogen-bond donors (Lipinski definition) is 0. The minimum Gasteiger partial charge on any atom is -0.497 e. The molecule has 3 heterocycles. The summed E-state index contributed by atoms with van der Waals surface area (Å²) in [5, 5.41) is 0. The molecule has 0 N–H and O–H groups in total. The molecule has 5 rings (SSSR count). The Morgan fingerprint density at radius 2 is 1.97 bits per heavy atom. The van der Waals surface area contributed by atoms with Crippen LogP contribution in [0.2, 0.25) is 0 Å². The summed E-state index contributed by atoms with van der Waals surface area (Å²) in [7, 11) is 3.39. The molecule has 0 radical (unpaired) electrons. The van der Waals surface area contributed by atoms with Crippen molar-refractivity contribution in [3.05, 3.63) is 77.6 Å². The number of aryl methyl sites for hydroxylation is 1. The van der Waals surface area contributed by atoms with E-state index in [9.17, 15) is 4.79 Å². The number of rotatable bonds is 7. The smallest absolute Gasteiger partial charge is 0.259 e. The summed E-state index contributed by atoms with van der Waals surface area (Å²) >= 11 is 0. The Hall–Kier alpha value is -4.20. The molecule has 2 aromatic heterocycles. The Bertz CT molecular complexity index is 1360. The Morgan fingerprint density at radius 3 is 2.79 bits per heavy atom. The number of amides is 1. The first kappa shape index (κ1) is 21.6. The van der Waals surface area contributed by atoms with Gasteiger partial charge in [0.2, 0.25) is 6.79 Å². The van der Waals surface area contributed by atoms with Crippen LogP contribution in [0.5, 0.6) is 23.0 Å². The average Bonchev–Trinajstić information content (AvgIpc) is 3.50. The number of fused-ring (bicyclic) bond motifs is 2. The van der Waals surface area contributed by atoms with E-state index >= 15 is 0 Å². The summed E-state index contributed by atoms with van der Waals surface area (Å²) in [5.74, 6) is 3.15. The van der Waals surface area contributed by atoms with Crippen LogP contribution in [0, 0.1) is 0 Å². The number of pyridine rings is 1. The van der Waals surface area contributed by atoms with Gasteiger partial charge in [-0.05, 0) is 54.4 Å². The first-order chi connectivity index (χ1) is 16.6. The van der Waals surface area contributed by atoms with Crippen molar-refractivity contribution in [3.8, 4) is 23.0 Å². The summed E-state index contributed by atoms with van der Waals surface area (Å²) in [4.78, 5) is 19.8. The standard InChI is InChI=1S/C26H25N3O5/c1-4-20-25(28(2)26(30)18-10-11-21-23(14-18)34-16-33-21)29-12-6-9-22(24(29)27-20)32-15-17-7-5-8-19(13-17)31-3/h5-14H,4,15-16H2,1-3H3. The van der Waals surface area contributed by atoms with Gasteiger partial charge in [-0.15, -0.1) is 0 Å². The molecular weight excluding hydrogens is 434 g/mol. The lowest BCUT2D eigenvalue weighted by Crippen LogP contribution is -2.28. The molecule has 0 saturated carbocycles. The quantitative estimate of drug-likeness (QED) is 0.405. The van der Waals surface area contributed by atoms with Crippen LogP contribution in [0.4, 0.5) is 5.82 Å². The van der Waals surface area contributed by atoms with Crippen LogP contribution in [-0.2, 0) is 13.0 Å². The van der Waals surface area contributed by atoms with Crippen LogP contribution < -0.4 is 23.8 Å². The van der Waals surface area contributed by atoms with Gasteiger partial charge in [0.1, 0.15) is 18.2 Å². The van der Waals surface area contributed by atoms with E-state index in [2.05, 4.69) is 0 Å². The lowest BCUT2D eigenvalue weighted by Gasteiger charge is -2.19. The summed E-state index contributed by atoms with van der Waals surface area (Å²) in [6, 6.07) is 16.7. The number of imidazole rings is 1. The fraction of sp³-hybridized carbons (Fsp3) is 0.231. The monoisotopic (exact) mass is 459 g/mol. The second-order valence-corrected chi connectivity index (χ2v) is 7.87. The largest absolute Gasteiger partial charge is 0.497 e. The number of benzene rings is 2. The molecule has 0 atom stereocenters. The average molecular weight is 460 g/mol. The first-order valence-corrected chi connectivity index (χ1v) is 11.0. The van der Waals surface area contributed by atoms with Gasteiger partial charge < -0.3 is 18.9 Å². The number of nitrogens with zero attached hydrogens (tertiary/aromatic N) is 3. The molecule has 0 aliphatic carbocycles. The topological polar surface area (TPSA) is 74.5 Å². The van der Waals surface area contributed by atoms with Gasteiger partial charge in [0.15, 0.2) is 22.9 Å². The van der Waals surface area contributed by atoms with E-state index in [1.54, 1.807) is 37.3 Å². The van der Waals surface area contributed by atoms with Crippen molar-refractivity contribution >= 4 is 17.4 Å². The van der Waals surface area contributed by atoms with Gasteiger partial charge in [0, 0.05) is 18.8 Å². The summed E-state index contributed by atoms with van der Waals surface area (Å²) < 4.78 is 24.1. The zero-order chi connectivity index (χ0) is 23.7. The third-order valence-corrected chi connectivity index (χ3v) is 5.76. The van der Waals surface area contributed by atoms with E-state index in [1.165, 1.54) is 0 Å². The third kappa shape index (κ3) is 3.87. The predicted octanol–water partition coefficient (Wildman–Crippen LogP) is 4.49. The third-order valence-electron chi connectivity index (χ3n) is 5.76. The highest BCUT2D eigenvalue weighted by Crippen LogP contribution is 2.34. The fourth-order valence-corrected chi connectivity index (χ4v) is 4.02. The number of hydrogen-bond acceptors (Lipinski definition) is 6. The molecule has 0 saturated heterocycles. The lowest BCUT2D eigenvalue weighted by atomic mass is 10.1. The highest BCUT2D eigenvalue weighted by Gasteiger charge is 2.24. The highest BCUT2D eigenvalue weighted by atomic mass is 16.7. The van der Waals surface area contributed by atoms with Crippen LogP contribution in [0.1, 0.15) is 28.5 Å². The zero-order valence-electron chi connectivity index (χ0n) is 19.3. The number of carbonyl (C=O) groups is 1. The molecule has 0 fully saturated rings. The van der Waals surface area contributed by atoms with Crippen molar-refractivity contribution in [1.29, 1.82) is 0 Å². The summed E-state index contributed by atoms with van der Waals surface area (Å²) in [5.41, 5.74) is 2.95. The number of anilines is 1. The van der Waals surface area contributed by atoms with Gasteiger partial charge in [0.05, 0.1) is 12.8 Å². The predicted molar refractivity (Wildman–Crippen MR) is 127 cm³/mol. The van der Waals surface area contributed by atoms with Crippen molar-refractivity contribution in [2.24, 2.45) is 0 Å². The summed E-state index contributed by atoms with van der Waals surface area (Å²) in [6.07, 6.45) is 2.55. The zero-order valence-corrected chi connectivity index (χ0v) is 19.3. The van der Waals surface area contributed by atoms with Crippen molar-refractivity contribution in [2.75, 3.05) is 25.9 Å². The minimum absolute atomic E-state index is 0.161. The van der Waals surface area contributed by atoms with E-state index < -0.39 is 0 Å². The van der Waals surface area contributed by atoms with Crippen molar-refractivity contribution in [2.45, 2.75) is 20.0 Å². The maximum atomic E-state index is 13.4. The fourth-order valence-electron chi connectivity index (χ4n) is 4.02. The molecule has 0 spiro atoms. The van der Waals surface area contributed by atoms with E-state index in [4.69, 9.17) is 23.9 Å². The molecule has 8 nitrogen and oxygen atoms in total. The summed E-state index contributed by atoms with van der Waals surface area (Å²) in [6.45, 7) is 2.54. The van der Waals surface area contributed by atoms with Gasteiger partial charge in [-0.1, -0.05) is 19.1 Å². The van der Waals surface area contributed by atoms with Gasteiger partial charge in [-0.2, -0.15) is 0 Å². The second kappa shape index (κ2) is 8.97. The molecule has 2 aromatic carbocycles.